The lowest BCUT2D eigenvalue weighted by Crippen LogP contribution is -2.22. The minimum atomic E-state index is -0.622. The van der Waals surface area contributed by atoms with Gasteiger partial charge in [-0.3, -0.25) is 24.6 Å². The highest BCUT2D eigenvalue weighted by Gasteiger charge is 2.28. The Morgan fingerprint density at radius 1 is 1.29 bits per heavy atom. The zero-order valence-corrected chi connectivity index (χ0v) is 16.0. The summed E-state index contributed by atoms with van der Waals surface area (Å²) in [6.07, 6.45) is 1.68. The third-order valence-corrected chi connectivity index (χ3v) is 5.38. The number of anilines is 1. The topological polar surface area (TPSA) is 113 Å². The van der Waals surface area contributed by atoms with E-state index in [1.807, 2.05) is 0 Å². The first-order valence-corrected chi connectivity index (χ1v) is 9.09. The number of carbonyl (C=O) groups is 2. The molecule has 2 amide bonds. The van der Waals surface area contributed by atoms with Crippen molar-refractivity contribution >= 4 is 57.6 Å². The first kappa shape index (κ1) is 19.5. The van der Waals surface area contributed by atoms with Crippen molar-refractivity contribution in [2.45, 2.75) is 0 Å². The maximum Gasteiger partial charge on any atom is 0.271 e. The van der Waals surface area contributed by atoms with Gasteiger partial charge in [0.2, 0.25) is 0 Å². The standard InChI is InChI=1S/C18H13N3O5S2/c1-20-17(24)15(28-18(20)27)8-10-2-4-11(5-3-10)16(23)19-13-9-12(21(25)26)6-7-14(13)22/h2-9,22H,1H3,(H,19,23)/b15-8+. The number of rotatable bonds is 4. The number of likely N-dealkylation sites (N-methyl/N-ethyl adjacent to an activating group) is 1. The Kier molecular flexibility index (Phi) is 5.43. The number of nitro benzene ring substituents is 1. The van der Waals surface area contributed by atoms with Gasteiger partial charge in [-0.2, -0.15) is 0 Å². The number of thioether (sulfide) groups is 1. The maximum absolute atomic E-state index is 12.4. The number of phenols is 1. The van der Waals surface area contributed by atoms with Crippen LogP contribution in [-0.4, -0.2) is 38.1 Å². The van der Waals surface area contributed by atoms with Gasteiger partial charge in [0.15, 0.2) is 0 Å². The normalized spacial score (nSPS) is 15.2. The number of nitro groups is 1. The number of amides is 2. The number of nitrogens with zero attached hydrogens (tertiary/aromatic N) is 2. The number of nitrogens with one attached hydrogen (secondary N) is 1. The second-order valence-corrected chi connectivity index (χ2v) is 7.45. The summed E-state index contributed by atoms with van der Waals surface area (Å²) in [6, 6.07) is 9.76. The van der Waals surface area contributed by atoms with Crippen LogP contribution in [0.5, 0.6) is 5.75 Å². The van der Waals surface area contributed by atoms with Crippen LogP contribution in [-0.2, 0) is 4.79 Å². The van der Waals surface area contributed by atoms with Gasteiger partial charge in [0.1, 0.15) is 10.1 Å². The lowest BCUT2D eigenvalue weighted by molar-refractivity contribution is -0.384. The summed E-state index contributed by atoms with van der Waals surface area (Å²) in [5, 5.41) is 23.1. The third-order valence-electron chi connectivity index (χ3n) is 3.90. The highest BCUT2D eigenvalue weighted by atomic mass is 32.2. The molecule has 28 heavy (non-hydrogen) atoms. The second-order valence-electron chi connectivity index (χ2n) is 5.78. The minimum Gasteiger partial charge on any atom is -0.506 e. The van der Waals surface area contributed by atoms with E-state index in [2.05, 4.69) is 5.32 Å². The summed E-state index contributed by atoms with van der Waals surface area (Å²) < 4.78 is 0.476. The van der Waals surface area contributed by atoms with Crippen LogP contribution < -0.4 is 5.32 Å². The van der Waals surface area contributed by atoms with Gasteiger partial charge in [0.25, 0.3) is 17.5 Å². The number of carbonyl (C=O) groups excluding carboxylic acids is 2. The van der Waals surface area contributed by atoms with Gasteiger partial charge in [0, 0.05) is 24.7 Å². The van der Waals surface area contributed by atoms with Gasteiger partial charge in [-0.15, -0.1) is 0 Å². The molecule has 1 heterocycles. The van der Waals surface area contributed by atoms with Crippen LogP contribution in [0.3, 0.4) is 0 Å². The lowest BCUT2D eigenvalue weighted by Gasteiger charge is -2.07. The number of hydrogen-bond acceptors (Lipinski definition) is 7. The van der Waals surface area contributed by atoms with E-state index in [0.29, 0.717) is 14.8 Å². The van der Waals surface area contributed by atoms with Crippen molar-refractivity contribution in [1.82, 2.24) is 4.90 Å². The minimum absolute atomic E-state index is 0.0603. The number of thiocarbonyl (C=S) groups is 1. The van der Waals surface area contributed by atoms with Crippen molar-refractivity contribution in [3.05, 3.63) is 68.6 Å². The molecule has 1 saturated heterocycles. The van der Waals surface area contributed by atoms with E-state index in [1.54, 1.807) is 37.4 Å². The predicted octanol–water partition coefficient (Wildman–Crippen LogP) is 3.38. The molecule has 1 aliphatic rings. The summed E-state index contributed by atoms with van der Waals surface area (Å²) in [4.78, 5) is 36.5. The number of non-ortho nitro benzene ring substituents is 1. The first-order valence-electron chi connectivity index (χ1n) is 7.86. The molecule has 2 aromatic rings. The van der Waals surface area contributed by atoms with Crippen molar-refractivity contribution in [3.8, 4) is 5.75 Å². The molecular formula is C18H13N3O5S2. The highest BCUT2D eigenvalue weighted by Crippen LogP contribution is 2.31. The van der Waals surface area contributed by atoms with Crippen molar-refractivity contribution in [2.75, 3.05) is 12.4 Å². The Bertz CT molecular complexity index is 1030. The van der Waals surface area contributed by atoms with Gasteiger partial charge in [0.05, 0.1) is 15.5 Å². The molecule has 0 saturated carbocycles. The quantitative estimate of drug-likeness (QED) is 0.259. The molecule has 2 N–H and O–H groups in total. The zero-order chi connectivity index (χ0) is 20.4. The van der Waals surface area contributed by atoms with E-state index in [4.69, 9.17) is 12.2 Å². The van der Waals surface area contributed by atoms with E-state index in [0.717, 1.165) is 18.2 Å². The van der Waals surface area contributed by atoms with Crippen LogP contribution in [0.2, 0.25) is 0 Å². The Morgan fingerprint density at radius 2 is 1.96 bits per heavy atom. The van der Waals surface area contributed by atoms with Crippen LogP contribution in [0.15, 0.2) is 47.4 Å². The van der Waals surface area contributed by atoms with Gasteiger partial charge in [-0.05, 0) is 29.8 Å². The molecule has 0 aliphatic carbocycles. The number of aromatic hydroxyl groups is 1. The smallest absolute Gasteiger partial charge is 0.271 e. The average Bonchev–Trinajstić information content (AvgIpc) is 2.90. The van der Waals surface area contributed by atoms with Gasteiger partial charge in [-0.1, -0.05) is 36.1 Å². The summed E-state index contributed by atoms with van der Waals surface area (Å²) in [6.45, 7) is 0. The molecule has 1 aliphatic heterocycles. The van der Waals surface area contributed by atoms with Crippen LogP contribution in [0, 0.1) is 10.1 Å². The Balaban J connectivity index is 1.76. The van der Waals surface area contributed by atoms with Crippen LogP contribution >= 0.6 is 24.0 Å². The summed E-state index contributed by atoms with van der Waals surface area (Å²) in [5.74, 6) is -1.00. The van der Waals surface area contributed by atoms with E-state index in [-0.39, 0.29) is 28.6 Å². The Morgan fingerprint density at radius 3 is 2.54 bits per heavy atom. The number of benzene rings is 2. The SMILES string of the molecule is CN1C(=O)/C(=C\c2ccc(C(=O)Nc3cc([N+](=O)[O-])ccc3O)cc2)SC1=S. The molecule has 0 bridgehead atoms. The molecule has 0 aromatic heterocycles. The second kappa shape index (κ2) is 7.79. The number of hydrogen-bond donors (Lipinski definition) is 2. The molecule has 2 aromatic carbocycles. The van der Waals surface area contributed by atoms with Crippen LogP contribution in [0.1, 0.15) is 15.9 Å². The molecule has 1 fully saturated rings. The molecule has 3 rings (SSSR count). The van der Waals surface area contributed by atoms with E-state index in [1.165, 1.54) is 16.7 Å². The van der Waals surface area contributed by atoms with Gasteiger partial charge < -0.3 is 10.4 Å². The molecule has 10 heteroatoms. The van der Waals surface area contributed by atoms with Crippen LogP contribution in [0.25, 0.3) is 6.08 Å². The molecular weight excluding hydrogens is 402 g/mol. The molecule has 0 atom stereocenters. The summed E-state index contributed by atoms with van der Waals surface area (Å²) in [7, 11) is 1.61. The maximum atomic E-state index is 12.4. The average molecular weight is 415 g/mol. The Labute approximate surface area is 169 Å². The molecule has 8 nitrogen and oxygen atoms in total. The highest BCUT2D eigenvalue weighted by molar-refractivity contribution is 8.26. The third kappa shape index (κ3) is 4.02. The Hall–Kier alpha value is -3.24. The van der Waals surface area contributed by atoms with Crippen molar-refractivity contribution in [1.29, 1.82) is 0 Å². The van der Waals surface area contributed by atoms with Crippen molar-refractivity contribution < 1.29 is 19.6 Å². The largest absolute Gasteiger partial charge is 0.506 e. The van der Waals surface area contributed by atoms with E-state index < -0.39 is 10.8 Å². The fourth-order valence-electron chi connectivity index (χ4n) is 2.36. The predicted molar refractivity (Wildman–Crippen MR) is 110 cm³/mol. The zero-order valence-electron chi connectivity index (χ0n) is 14.4. The number of phenolic OH excluding ortho intramolecular Hbond substituents is 1. The molecule has 0 unspecified atom stereocenters. The first-order chi connectivity index (χ1) is 13.3. The summed E-state index contributed by atoms with van der Waals surface area (Å²) in [5.41, 5.74) is 0.682. The van der Waals surface area contributed by atoms with Gasteiger partial charge in [-0.25, -0.2) is 0 Å². The molecule has 0 radical (unpaired) electrons. The monoisotopic (exact) mass is 415 g/mol. The van der Waals surface area contributed by atoms with E-state index >= 15 is 0 Å². The lowest BCUT2D eigenvalue weighted by atomic mass is 10.1. The fraction of sp³-hybridized carbons (Fsp3) is 0.0556. The molecule has 0 spiro atoms. The van der Waals surface area contributed by atoms with Crippen molar-refractivity contribution in [3.63, 3.8) is 0 Å². The van der Waals surface area contributed by atoms with Crippen molar-refractivity contribution in [2.24, 2.45) is 0 Å². The van der Waals surface area contributed by atoms with Crippen LogP contribution in [0.4, 0.5) is 11.4 Å². The van der Waals surface area contributed by atoms with E-state index in [9.17, 15) is 24.8 Å². The molecule has 142 valence electrons. The summed E-state index contributed by atoms with van der Waals surface area (Å²) >= 11 is 6.28. The fourth-order valence-corrected chi connectivity index (χ4v) is 3.54. The van der Waals surface area contributed by atoms with Gasteiger partial charge >= 0.3 is 0 Å².